The standard InChI is InChI=1S/C19H18N2O6/c1-24-16-9-13(18(22)20-11-12-5-3-7-26-12)14(10-17(16)25-2)21-19(23)15-6-4-8-27-15/h3-10H,11H2,1-2H3,(H,20,22)(H,21,23). The lowest BCUT2D eigenvalue weighted by Gasteiger charge is -2.15. The van der Waals surface area contributed by atoms with Crippen molar-refractivity contribution in [3.63, 3.8) is 0 Å². The molecule has 3 aromatic rings. The number of ether oxygens (including phenoxy) is 2. The van der Waals surface area contributed by atoms with Crippen LogP contribution >= 0.6 is 0 Å². The molecule has 8 nitrogen and oxygen atoms in total. The van der Waals surface area contributed by atoms with Crippen LogP contribution in [0.5, 0.6) is 11.5 Å². The van der Waals surface area contributed by atoms with E-state index in [1.807, 2.05) is 0 Å². The fourth-order valence-electron chi connectivity index (χ4n) is 2.44. The number of amides is 2. The lowest BCUT2D eigenvalue weighted by molar-refractivity contribution is 0.0948. The predicted molar refractivity (Wildman–Crippen MR) is 96.1 cm³/mol. The molecule has 0 aliphatic carbocycles. The van der Waals surface area contributed by atoms with E-state index in [4.69, 9.17) is 18.3 Å². The van der Waals surface area contributed by atoms with Crippen molar-refractivity contribution in [3.05, 3.63) is 66.0 Å². The van der Waals surface area contributed by atoms with Crippen molar-refractivity contribution in [1.82, 2.24) is 5.32 Å². The number of methoxy groups -OCH3 is 2. The third-order valence-electron chi connectivity index (χ3n) is 3.76. The van der Waals surface area contributed by atoms with Gasteiger partial charge in [0.25, 0.3) is 11.8 Å². The lowest BCUT2D eigenvalue weighted by Crippen LogP contribution is -2.25. The first-order valence-corrected chi connectivity index (χ1v) is 8.04. The minimum atomic E-state index is -0.493. The third kappa shape index (κ3) is 4.12. The summed E-state index contributed by atoms with van der Waals surface area (Å²) in [7, 11) is 2.93. The molecule has 0 aliphatic rings. The average Bonchev–Trinajstić information content (AvgIpc) is 3.39. The molecule has 0 unspecified atom stereocenters. The van der Waals surface area contributed by atoms with E-state index in [1.54, 1.807) is 18.2 Å². The van der Waals surface area contributed by atoms with Gasteiger partial charge in [-0.05, 0) is 30.3 Å². The van der Waals surface area contributed by atoms with Gasteiger partial charge in [0.05, 0.1) is 44.5 Å². The highest BCUT2D eigenvalue weighted by Crippen LogP contribution is 2.33. The van der Waals surface area contributed by atoms with E-state index in [9.17, 15) is 9.59 Å². The Balaban J connectivity index is 1.89. The summed E-state index contributed by atoms with van der Waals surface area (Å²) in [5.74, 6) is 0.539. The van der Waals surface area contributed by atoms with Gasteiger partial charge in [-0.2, -0.15) is 0 Å². The molecule has 3 rings (SSSR count). The van der Waals surface area contributed by atoms with Gasteiger partial charge in [0, 0.05) is 6.07 Å². The van der Waals surface area contributed by atoms with E-state index in [2.05, 4.69) is 10.6 Å². The highest BCUT2D eigenvalue weighted by Gasteiger charge is 2.20. The van der Waals surface area contributed by atoms with Crippen molar-refractivity contribution in [1.29, 1.82) is 0 Å². The van der Waals surface area contributed by atoms with E-state index in [1.165, 1.54) is 44.9 Å². The van der Waals surface area contributed by atoms with Crippen molar-refractivity contribution >= 4 is 17.5 Å². The zero-order valence-electron chi connectivity index (χ0n) is 14.8. The second-order valence-electron chi connectivity index (χ2n) is 5.45. The Morgan fingerprint density at radius 3 is 2.30 bits per heavy atom. The molecular weight excluding hydrogens is 352 g/mol. The molecule has 0 bridgehead atoms. The van der Waals surface area contributed by atoms with E-state index >= 15 is 0 Å². The molecule has 0 aliphatic heterocycles. The van der Waals surface area contributed by atoms with Gasteiger partial charge in [0.15, 0.2) is 17.3 Å². The first kappa shape index (κ1) is 18.1. The van der Waals surface area contributed by atoms with Gasteiger partial charge in [-0.15, -0.1) is 0 Å². The van der Waals surface area contributed by atoms with E-state index in [0.29, 0.717) is 17.3 Å². The maximum Gasteiger partial charge on any atom is 0.291 e. The Bertz CT molecular complexity index is 916. The summed E-state index contributed by atoms with van der Waals surface area (Å²) in [4.78, 5) is 25.0. The molecule has 2 amide bonds. The molecule has 1 aromatic carbocycles. The van der Waals surface area contributed by atoms with Crippen LogP contribution in [0.15, 0.2) is 57.8 Å². The zero-order valence-corrected chi connectivity index (χ0v) is 14.8. The van der Waals surface area contributed by atoms with Gasteiger partial charge in [-0.1, -0.05) is 0 Å². The molecule has 2 aromatic heterocycles. The highest BCUT2D eigenvalue weighted by molar-refractivity contribution is 6.08. The molecule has 0 spiro atoms. The molecule has 0 fully saturated rings. The summed E-state index contributed by atoms with van der Waals surface area (Å²) in [5.41, 5.74) is 0.463. The predicted octanol–water partition coefficient (Wildman–Crippen LogP) is 3.07. The van der Waals surface area contributed by atoms with Crippen LogP contribution in [-0.2, 0) is 6.54 Å². The van der Waals surface area contributed by atoms with Crippen molar-refractivity contribution in [2.24, 2.45) is 0 Å². The molecule has 0 saturated carbocycles. The molecule has 8 heteroatoms. The smallest absolute Gasteiger partial charge is 0.291 e. The monoisotopic (exact) mass is 370 g/mol. The minimum absolute atomic E-state index is 0.117. The first-order chi connectivity index (χ1) is 13.1. The van der Waals surface area contributed by atoms with Crippen molar-refractivity contribution in [2.45, 2.75) is 6.54 Å². The maximum absolute atomic E-state index is 12.7. The zero-order chi connectivity index (χ0) is 19.2. The van der Waals surface area contributed by atoms with Crippen LogP contribution in [0.3, 0.4) is 0 Å². The van der Waals surface area contributed by atoms with Crippen LogP contribution in [0.25, 0.3) is 0 Å². The molecular formula is C19H18N2O6. The SMILES string of the molecule is COc1cc(NC(=O)c2ccco2)c(C(=O)NCc2ccco2)cc1OC. The van der Waals surface area contributed by atoms with E-state index in [-0.39, 0.29) is 23.6 Å². The van der Waals surface area contributed by atoms with Crippen molar-refractivity contribution in [3.8, 4) is 11.5 Å². The quantitative estimate of drug-likeness (QED) is 0.663. The van der Waals surface area contributed by atoms with Crippen LogP contribution in [0.1, 0.15) is 26.7 Å². The lowest BCUT2D eigenvalue weighted by atomic mass is 10.1. The van der Waals surface area contributed by atoms with E-state index < -0.39 is 11.8 Å². The Morgan fingerprint density at radius 2 is 1.67 bits per heavy atom. The second-order valence-corrected chi connectivity index (χ2v) is 5.45. The number of carbonyl (C=O) groups excluding carboxylic acids is 2. The number of rotatable bonds is 7. The molecule has 140 valence electrons. The Morgan fingerprint density at radius 1 is 0.963 bits per heavy atom. The van der Waals surface area contributed by atoms with E-state index in [0.717, 1.165) is 0 Å². The number of hydrogen-bond acceptors (Lipinski definition) is 6. The molecule has 0 saturated heterocycles. The topological polar surface area (TPSA) is 103 Å². The third-order valence-corrected chi connectivity index (χ3v) is 3.76. The van der Waals surface area contributed by atoms with Crippen LogP contribution < -0.4 is 20.1 Å². The molecule has 27 heavy (non-hydrogen) atoms. The average molecular weight is 370 g/mol. The van der Waals surface area contributed by atoms with Gasteiger partial charge in [-0.25, -0.2) is 0 Å². The second kappa shape index (κ2) is 8.13. The Hall–Kier alpha value is -3.68. The van der Waals surface area contributed by atoms with Gasteiger partial charge >= 0.3 is 0 Å². The van der Waals surface area contributed by atoms with Crippen LogP contribution in [-0.4, -0.2) is 26.0 Å². The summed E-state index contributed by atoms with van der Waals surface area (Å²) < 4.78 is 20.8. The number of anilines is 1. The Labute approximate surface area is 155 Å². The molecule has 0 radical (unpaired) electrons. The fraction of sp³-hybridized carbons (Fsp3) is 0.158. The molecule has 2 heterocycles. The van der Waals surface area contributed by atoms with Crippen molar-refractivity contribution in [2.75, 3.05) is 19.5 Å². The highest BCUT2D eigenvalue weighted by atomic mass is 16.5. The molecule has 2 N–H and O–H groups in total. The number of carbonyl (C=O) groups is 2. The van der Waals surface area contributed by atoms with Gasteiger partial charge < -0.3 is 28.9 Å². The van der Waals surface area contributed by atoms with Crippen LogP contribution in [0, 0.1) is 0 Å². The summed E-state index contributed by atoms with van der Waals surface area (Å²) in [6.45, 7) is 0.200. The minimum Gasteiger partial charge on any atom is -0.493 e. The van der Waals surface area contributed by atoms with Crippen LogP contribution in [0.4, 0.5) is 5.69 Å². The number of furan rings is 2. The Kier molecular flexibility index (Phi) is 5.46. The van der Waals surface area contributed by atoms with Crippen molar-refractivity contribution < 1.29 is 27.9 Å². The number of nitrogens with one attached hydrogen (secondary N) is 2. The molecule has 0 atom stereocenters. The maximum atomic E-state index is 12.7. The number of benzene rings is 1. The summed E-state index contributed by atoms with van der Waals surface area (Å²) in [6, 6.07) is 9.60. The first-order valence-electron chi connectivity index (χ1n) is 8.04. The van der Waals surface area contributed by atoms with Gasteiger partial charge in [-0.3, -0.25) is 9.59 Å². The summed E-state index contributed by atoms with van der Waals surface area (Å²) in [6.07, 6.45) is 2.91. The van der Waals surface area contributed by atoms with Crippen LogP contribution in [0.2, 0.25) is 0 Å². The fourth-order valence-corrected chi connectivity index (χ4v) is 2.44. The van der Waals surface area contributed by atoms with Gasteiger partial charge in [0.1, 0.15) is 5.76 Å². The summed E-state index contributed by atoms with van der Waals surface area (Å²) in [5, 5.41) is 5.40. The largest absolute Gasteiger partial charge is 0.493 e. The normalized spacial score (nSPS) is 10.3. The number of hydrogen-bond donors (Lipinski definition) is 2. The summed E-state index contributed by atoms with van der Waals surface area (Å²) >= 11 is 0. The van der Waals surface area contributed by atoms with Gasteiger partial charge in [0.2, 0.25) is 0 Å².